The van der Waals surface area contributed by atoms with E-state index in [-0.39, 0.29) is 12.0 Å². The summed E-state index contributed by atoms with van der Waals surface area (Å²) in [5.74, 6) is 0.213. The Balaban J connectivity index is 2.64. The quantitative estimate of drug-likeness (QED) is 0.814. The van der Waals surface area contributed by atoms with Crippen molar-refractivity contribution in [3.05, 3.63) is 34.3 Å². The van der Waals surface area contributed by atoms with Crippen molar-refractivity contribution in [1.29, 1.82) is 0 Å². The summed E-state index contributed by atoms with van der Waals surface area (Å²) in [4.78, 5) is 11.7. The fraction of sp³-hybridized carbons (Fsp3) is 0.533. The third kappa shape index (κ3) is 5.21. The van der Waals surface area contributed by atoms with E-state index >= 15 is 0 Å². The zero-order chi connectivity index (χ0) is 14.4. The molecule has 1 atom stereocenters. The third-order valence-electron chi connectivity index (χ3n) is 2.98. The molecule has 0 heterocycles. The minimum atomic E-state index is -0.273. The number of ether oxygens (including phenoxy) is 1. The zero-order valence-electron chi connectivity index (χ0n) is 12.0. The molecule has 0 amide bonds. The van der Waals surface area contributed by atoms with E-state index < -0.39 is 0 Å². The van der Waals surface area contributed by atoms with Crippen LogP contribution in [0.5, 0.6) is 0 Å². The number of halogens is 1. The molecule has 0 spiro atoms. The maximum Gasteiger partial charge on any atom is 0.322 e. The molecule has 1 aromatic rings. The van der Waals surface area contributed by atoms with E-state index in [0.29, 0.717) is 12.5 Å². The summed E-state index contributed by atoms with van der Waals surface area (Å²) in [6.45, 7) is 6.74. The summed E-state index contributed by atoms with van der Waals surface area (Å²) >= 11 is 6.08. The monoisotopic (exact) mass is 283 g/mol. The second-order valence-electron chi connectivity index (χ2n) is 5.17. The normalized spacial score (nSPS) is 12.5. The molecule has 0 saturated heterocycles. The highest BCUT2D eigenvalue weighted by Gasteiger charge is 2.19. The lowest BCUT2D eigenvalue weighted by atomic mass is 10.0. The molecule has 0 radical (unpaired) electrons. The number of aryl methyl sites for hydroxylation is 1. The van der Waals surface area contributed by atoms with E-state index in [0.717, 1.165) is 22.6 Å². The van der Waals surface area contributed by atoms with Gasteiger partial charge in [-0.2, -0.15) is 0 Å². The minimum absolute atomic E-state index is 0.216. The highest BCUT2D eigenvalue weighted by atomic mass is 35.5. The zero-order valence-corrected chi connectivity index (χ0v) is 12.8. The Morgan fingerprint density at radius 2 is 2.11 bits per heavy atom. The van der Waals surface area contributed by atoms with E-state index in [1.165, 1.54) is 7.11 Å². The van der Waals surface area contributed by atoms with Gasteiger partial charge in [0, 0.05) is 11.6 Å². The van der Waals surface area contributed by atoms with Gasteiger partial charge in [-0.1, -0.05) is 37.6 Å². The average molecular weight is 284 g/mol. The number of benzene rings is 1. The van der Waals surface area contributed by atoms with Crippen LogP contribution in [0.3, 0.4) is 0 Å². The number of carbonyl (C=O) groups is 1. The number of hydrogen-bond acceptors (Lipinski definition) is 3. The molecule has 4 heteroatoms. The van der Waals surface area contributed by atoms with Gasteiger partial charge in [-0.15, -0.1) is 0 Å². The van der Waals surface area contributed by atoms with Crippen molar-refractivity contribution in [2.24, 2.45) is 5.92 Å². The molecule has 0 aromatic heterocycles. The fourth-order valence-corrected chi connectivity index (χ4v) is 2.07. The van der Waals surface area contributed by atoms with Gasteiger partial charge < -0.3 is 10.1 Å². The maximum atomic E-state index is 11.7. The van der Waals surface area contributed by atoms with Gasteiger partial charge in [-0.05, 0) is 36.5 Å². The number of carbonyl (C=O) groups excluding carboxylic acids is 1. The lowest BCUT2D eigenvalue weighted by molar-refractivity contribution is -0.143. The van der Waals surface area contributed by atoms with E-state index in [4.69, 9.17) is 16.3 Å². The van der Waals surface area contributed by atoms with Crippen molar-refractivity contribution in [2.45, 2.75) is 39.8 Å². The second-order valence-corrected chi connectivity index (χ2v) is 5.58. The highest BCUT2D eigenvalue weighted by Crippen LogP contribution is 2.17. The van der Waals surface area contributed by atoms with Crippen LogP contribution in [0, 0.1) is 12.8 Å². The Morgan fingerprint density at radius 1 is 1.42 bits per heavy atom. The van der Waals surface area contributed by atoms with Gasteiger partial charge in [0.25, 0.3) is 0 Å². The van der Waals surface area contributed by atoms with Gasteiger partial charge in [0.1, 0.15) is 6.04 Å². The molecule has 19 heavy (non-hydrogen) atoms. The maximum absolute atomic E-state index is 11.7. The lowest BCUT2D eigenvalue weighted by Crippen LogP contribution is -2.38. The fourth-order valence-electron chi connectivity index (χ4n) is 1.86. The van der Waals surface area contributed by atoms with Crippen molar-refractivity contribution < 1.29 is 9.53 Å². The van der Waals surface area contributed by atoms with Crippen LogP contribution in [0.2, 0.25) is 5.02 Å². The Hall–Kier alpha value is -1.06. The Kier molecular flexibility index (Phi) is 6.32. The average Bonchev–Trinajstić information content (AvgIpc) is 2.37. The number of nitrogens with one attached hydrogen (secondary N) is 1. The highest BCUT2D eigenvalue weighted by molar-refractivity contribution is 6.31. The van der Waals surface area contributed by atoms with Gasteiger partial charge in [0.05, 0.1) is 7.11 Å². The van der Waals surface area contributed by atoms with Crippen LogP contribution in [-0.4, -0.2) is 19.1 Å². The molecule has 1 aromatic carbocycles. The largest absolute Gasteiger partial charge is 0.468 e. The van der Waals surface area contributed by atoms with Crippen LogP contribution in [0.15, 0.2) is 18.2 Å². The molecule has 0 aliphatic rings. The predicted molar refractivity (Wildman–Crippen MR) is 78.3 cm³/mol. The molecule has 1 rings (SSSR count). The van der Waals surface area contributed by atoms with Crippen LogP contribution in [-0.2, 0) is 16.1 Å². The van der Waals surface area contributed by atoms with Crippen molar-refractivity contribution in [1.82, 2.24) is 5.32 Å². The van der Waals surface area contributed by atoms with E-state index in [9.17, 15) is 4.79 Å². The van der Waals surface area contributed by atoms with Crippen molar-refractivity contribution in [3.63, 3.8) is 0 Å². The first-order valence-electron chi connectivity index (χ1n) is 6.50. The van der Waals surface area contributed by atoms with Crippen LogP contribution in [0.1, 0.15) is 31.4 Å². The van der Waals surface area contributed by atoms with Gasteiger partial charge in [-0.25, -0.2) is 0 Å². The van der Waals surface area contributed by atoms with E-state index in [2.05, 4.69) is 19.2 Å². The molecule has 1 unspecified atom stereocenters. The summed E-state index contributed by atoms with van der Waals surface area (Å²) < 4.78 is 4.82. The van der Waals surface area contributed by atoms with Gasteiger partial charge in [0.2, 0.25) is 0 Å². The third-order valence-corrected chi connectivity index (χ3v) is 3.39. The van der Waals surface area contributed by atoms with E-state index in [1.807, 2.05) is 25.1 Å². The smallest absolute Gasteiger partial charge is 0.322 e. The first-order valence-corrected chi connectivity index (χ1v) is 6.88. The molecule has 3 nitrogen and oxygen atoms in total. The van der Waals surface area contributed by atoms with Crippen LogP contribution >= 0.6 is 11.6 Å². The minimum Gasteiger partial charge on any atom is -0.468 e. The molecular formula is C15H22ClNO2. The van der Waals surface area contributed by atoms with Crippen molar-refractivity contribution >= 4 is 17.6 Å². The summed E-state index contributed by atoms with van der Waals surface area (Å²) in [6, 6.07) is 5.64. The molecule has 0 fully saturated rings. The Labute approximate surface area is 120 Å². The molecule has 0 saturated carbocycles. The standard InChI is InChI=1S/C15H22ClNO2/c1-10(2)7-14(15(18)19-4)17-9-12-6-5-11(3)13(16)8-12/h5-6,8,10,14,17H,7,9H2,1-4H3. The molecule has 0 bridgehead atoms. The first kappa shape index (κ1) is 16.0. The molecule has 0 aliphatic carbocycles. The second kappa shape index (κ2) is 7.51. The summed E-state index contributed by atoms with van der Waals surface area (Å²) in [6.07, 6.45) is 0.756. The topological polar surface area (TPSA) is 38.3 Å². The molecular weight excluding hydrogens is 262 g/mol. The number of rotatable bonds is 6. The Bertz CT molecular complexity index is 432. The first-order chi connectivity index (χ1) is 8.93. The van der Waals surface area contributed by atoms with Gasteiger partial charge in [0.15, 0.2) is 0 Å². The Morgan fingerprint density at radius 3 is 2.63 bits per heavy atom. The summed E-state index contributed by atoms with van der Waals surface area (Å²) in [5, 5.41) is 3.98. The van der Waals surface area contributed by atoms with Crippen LogP contribution in [0.25, 0.3) is 0 Å². The van der Waals surface area contributed by atoms with Gasteiger partial charge in [-0.3, -0.25) is 4.79 Å². The number of esters is 1. The summed E-state index contributed by atoms with van der Waals surface area (Å²) in [5.41, 5.74) is 2.12. The molecule has 1 N–H and O–H groups in total. The molecule has 0 aliphatic heterocycles. The van der Waals surface area contributed by atoms with E-state index in [1.54, 1.807) is 0 Å². The van der Waals surface area contributed by atoms with Crippen LogP contribution < -0.4 is 5.32 Å². The lowest BCUT2D eigenvalue weighted by Gasteiger charge is -2.18. The number of hydrogen-bond donors (Lipinski definition) is 1. The van der Waals surface area contributed by atoms with Gasteiger partial charge >= 0.3 is 5.97 Å². The molecule has 106 valence electrons. The van der Waals surface area contributed by atoms with Crippen molar-refractivity contribution in [3.8, 4) is 0 Å². The predicted octanol–water partition coefficient (Wildman–Crippen LogP) is 3.33. The number of methoxy groups -OCH3 is 1. The summed E-state index contributed by atoms with van der Waals surface area (Å²) in [7, 11) is 1.42. The SMILES string of the molecule is COC(=O)C(CC(C)C)NCc1ccc(C)c(Cl)c1. The van der Waals surface area contributed by atoms with Crippen LogP contribution in [0.4, 0.5) is 0 Å². The van der Waals surface area contributed by atoms with Crippen molar-refractivity contribution in [2.75, 3.05) is 7.11 Å².